The van der Waals surface area contributed by atoms with Crippen molar-refractivity contribution in [3.8, 4) is 0 Å². The second-order valence-corrected chi connectivity index (χ2v) is 3.11. The lowest BCUT2D eigenvalue weighted by Crippen LogP contribution is -2.29. The topological polar surface area (TPSA) is 124 Å². The molecule has 0 aromatic heterocycles. The molecule has 7 nitrogen and oxygen atoms in total. The van der Waals surface area contributed by atoms with Crippen molar-refractivity contribution >= 4 is 10.4 Å². The summed E-state index contributed by atoms with van der Waals surface area (Å²) in [6.45, 7) is 4.57. The molecule has 0 aromatic carbocycles. The van der Waals surface area contributed by atoms with Gasteiger partial charge in [-0.1, -0.05) is 6.92 Å². The standard InChI is InChI=1S/C6H15NO2.H2O4S/c1-2-7(3-5-8)4-6-9;1-5(2,3)4/h8-9H,2-6H2,1H3;(H2,1,2,3,4)/p-2. The summed E-state index contributed by atoms with van der Waals surface area (Å²) in [5.74, 6) is 0. The van der Waals surface area contributed by atoms with Crippen LogP contribution < -0.4 is 0 Å². The van der Waals surface area contributed by atoms with Gasteiger partial charge in [0.25, 0.3) is 0 Å². The zero-order valence-electron chi connectivity index (χ0n) is 7.92. The summed E-state index contributed by atoms with van der Waals surface area (Å²) in [7, 11) is -5.17. The van der Waals surface area contributed by atoms with E-state index in [0.717, 1.165) is 6.54 Å². The van der Waals surface area contributed by atoms with Crippen molar-refractivity contribution in [2.24, 2.45) is 0 Å². The fraction of sp³-hybridized carbons (Fsp3) is 1.00. The van der Waals surface area contributed by atoms with Crippen LogP contribution in [0, 0.1) is 0 Å². The Morgan fingerprint density at radius 3 is 1.57 bits per heavy atom. The molecule has 0 radical (unpaired) electrons. The van der Waals surface area contributed by atoms with Gasteiger partial charge in [0, 0.05) is 23.5 Å². The Morgan fingerprint density at radius 1 is 1.14 bits per heavy atom. The predicted molar refractivity (Wildman–Crippen MR) is 46.8 cm³/mol. The molecule has 0 aromatic rings. The predicted octanol–water partition coefficient (Wildman–Crippen LogP) is -2.05. The van der Waals surface area contributed by atoms with Crippen LogP contribution in [0.5, 0.6) is 0 Å². The van der Waals surface area contributed by atoms with E-state index in [1.165, 1.54) is 0 Å². The third kappa shape index (κ3) is 22.6. The Morgan fingerprint density at radius 2 is 1.43 bits per heavy atom. The van der Waals surface area contributed by atoms with Gasteiger partial charge in [0.2, 0.25) is 0 Å². The Bertz CT molecular complexity index is 190. The van der Waals surface area contributed by atoms with Gasteiger partial charge in [-0.3, -0.25) is 13.3 Å². The Hall–Kier alpha value is -0.250. The average molecular weight is 229 g/mol. The van der Waals surface area contributed by atoms with Gasteiger partial charge in [-0.2, -0.15) is 0 Å². The smallest absolute Gasteiger partial charge is 0.0558 e. The molecule has 0 saturated heterocycles. The highest BCUT2D eigenvalue weighted by molar-refractivity contribution is 7.79. The normalized spacial score (nSPS) is 11.0. The third-order valence-electron chi connectivity index (χ3n) is 1.28. The van der Waals surface area contributed by atoms with Gasteiger partial charge in [0.15, 0.2) is 0 Å². The van der Waals surface area contributed by atoms with E-state index in [1.54, 1.807) is 0 Å². The number of aliphatic hydroxyl groups excluding tert-OH is 2. The quantitative estimate of drug-likeness (QED) is 0.411. The van der Waals surface area contributed by atoms with Crippen LogP contribution in [0.2, 0.25) is 0 Å². The minimum absolute atomic E-state index is 0.174. The molecule has 0 atom stereocenters. The molecule has 0 amide bonds. The molecule has 0 spiro atoms. The van der Waals surface area contributed by atoms with Crippen molar-refractivity contribution in [2.75, 3.05) is 32.8 Å². The number of hydrogen-bond acceptors (Lipinski definition) is 7. The lowest BCUT2D eigenvalue weighted by Gasteiger charge is -2.16. The van der Waals surface area contributed by atoms with Crippen molar-refractivity contribution in [1.82, 2.24) is 4.90 Å². The molecule has 14 heavy (non-hydrogen) atoms. The molecular formula is C6H15NO6S-2. The van der Waals surface area contributed by atoms with Crippen molar-refractivity contribution in [2.45, 2.75) is 6.92 Å². The zero-order valence-corrected chi connectivity index (χ0v) is 8.73. The maximum absolute atomic E-state index is 8.52. The molecule has 0 fully saturated rings. The van der Waals surface area contributed by atoms with Gasteiger partial charge in [-0.25, -0.2) is 0 Å². The minimum atomic E-state index is -5.17. The summed E-state index contributed by atoms with van der Waals surface area (Å²) < 4.78 is 34.1. The van der Waals surface area contributed by atoms with E-state index < -0.39 is 10.4 Å². The average Bonchev–Trinajstić information content (AvgIpc) is 2.01. The molecule has 0 aliphatic carbocycles. The molecule has 0 heterocycles. The first kappa shape index (κ1) is 16.2. The van der Waals surface area contributed by atoms with Crippen LogP contribution in [-0.4, -0.2) is 65.5 Å². The van der Waals surface area contributed by atoms with Crippen molar-refractivity contribution in [3.05, 3.63) is 0 Å². The summed E-state index contributed by atoms with van der Waals surface area (Å²) in [5, 5.41) is 16.9. The molecule has 0 rings (SSSR count). The van der Waals surface area contributed by atoms with Crippen LogP contribution in [0.25, 0.3) is 0 Å². The first-order chi connectivity index (χ1) is 6.35. The maximum atomic E-state index is 8.52. The summed E-state index contributed by atoms with van der Waals surface area (Å²) in [4.78, 5) is 1.99. The Labute approximate surface area is 83.5 Å². The fourth-order valence-electron chi connectivity index (χ4n) is 0.711. The first-order valence-corrected chi connectivity index (χ1v) is 5.29. The highest BCUT2D eigenvalue weighted by Crippen LogP contribution is 1.83. The monoisotopic (exact) mass is 229 g/mol. The summed E-state index contributed by atoms with van der Waals surface area (Å²) in [5.41, 5.74) is 0. The van der Waals surface area contributed by atoms with E-state index in [0.29, 0.717) is 13.1 Å². The third-order valence-corrected chi connectivity index (χ3v) is 1.28. The molecule has 8 heteroatoms. The highest BCUT2D eigenvalue weighted by atomic mass is 32.3. The second-order valence-electron chi connectivity index (χ2n) is 2.29. The van der Waals surface area contributed by atoms with E-state index in [-0.39, 0.29) is 13.2 Å². The number of nitrogens with zero attached hydrogens (tertiary/aromatic N) is 1. The lowest BCUT2D eigenvalue weighted by molar-refractivity contribution is 0.166. The van der Waals surface area contributed by atoms with Crippen LogP contribution in [0.15, 0.2) is 0 Å². The molecule has 2 N–H and O–H groups in total. The number of rotatable bonds is 5. The van der Waals surface area contributed by atoms with Gasteiger partial charge in [0.1, 0.15) is 0 Å². The molecule has 0 unspecified atom stereocenters. The Kier molecular flexibility index (Phi) is 10.8. The summed E-state index contributed by atoms with van der Waals surface area (Å²) in [6, 6.07) is 0. The van der Waals surface area contributed by atoms with Crippen molar-refractivity contribution in [3.63, 3.8) is 0 Å². The van der Waals surface area contributed by atoms with Crippen molar-refractivity contribution in [1.29, 1.82) is 0 Å². The molecular weight excluding hydrogens is 214 g/mol. The molecule has 0 saturated carbocycles. The van der Waals surface area contributed by atoms with Gasteiger partial charge in [-0.15, -0.1) is 0 Å². The van der Waals surface area contributed by atoms with Gasteiger partial charge in [0.05, 0.1) is 13.2 Å². The maximum Gasteiger partial charge on any atom is 0.0558 e. The largest absolute Gasteiger partial charge is 0.759 e. The second kappa shape index (κ2) is 9.31. The van der Waals surface area contributed by atoms with E-state index in [2.05, 4.69) is 0 Å². The summed E-state index contributed by atoms with van der Waals surface area (Å²) >= 11 is 0. The van der Waals surface area contributed by atoms with E-state index in [4.69, 9.17) is 27.7 Å². The highest BCUT2D eigenvalue weighted by Gasteiger charge is 1.97. The number of aliphatic hydroxyl groups is 2. The van der Waals surface area contributed by atoms with Crippen LogP contribution in [0.4, 0.5) is 0 Å². The SMILES string of the molecule is CCN(CCO)CCO.O=S(=O)([O-])[O-]. The molecule has 0 aliphatic rings. The Balaban J connectivity index is 0. The lowest BCUT2D eigenvalue weighted by atomic mass is 10.5. The number of hydrogen-bond donors (Lipinski definition) is 2. The van der Waals surface area contributed by atoms with Gasteiger partial charge >= 0.3 is 0 Å². The van der Waals surface area contributed by atoms with Crippen molar-refractivity contribution < 1.29 is 27.7 Å². The van der Waals surface area contributed by atoms with Gasteiger partial charge in [-0.05, 0) is 6.54 Å². The van der Waals surface area contributed by atoms with Crippen LogP contribution in [0.3, 0.4) is 0 Å². The summed E-state index contributed by atoms with van der Waals surface area (Å²) in [6.07, 6.45) is 0. The van der Waals surface area contributed by atoms with E-state index >= 15 is 0 Å². The van der Waals surface area contributed by atoms with Crippen LogP contribution >= 0.6 is 0 Å². The van der Waals surface area contributed by atoms with E-state index in [9.17, 15) is 0 Å². The fourth-order valence-corrected chi connectivity index (χ4v) is 0.711. The van der Waals surface area contributed by atoms with Crippen LogP contribution in [-0.2, 0) is 10.4 Å². The minimum Gasteiger partial charge on any atom is -0.759 e. The van der Waals surface area contributed by atoms with Gasteiger partial charge < -0.3 is 19.3 Å². The van der Waals surface area contributed by atoms with E-state index in [1.807, 2.05) is 11.8 Å². The molecule has 88 valence electrons. The molecule has 0 aliphatic heterocycles. The number of likely N-dealkylation sites (N-methyl/N-ethyl adjacent to an activating group) is 1. The van der Waals surface area contributed by atoms with Crippen LogP contribution in [0.1, 0.15) is 6.92 Å². The zero-order chi connectivity index (χ0) is 11.6. The molecule has 0 bridgehead atoms. The first-order valence-electron chi connectivity index (χ1n) is 3.95.